The van der Waals surface area contributed by atoms with Crippen LogP contribution in [0.15, 0.2) is 43.0 Å². The van der Waals surface area contributed by atoms with Gasteiger partial charge in [-0.15, -0.1) is 11.3 Å². The minimum atomic E-state index is -0.919. The van der Waals surface area contributed by atoms with Crippen LogP contribution in [0, 0.1) is 17.5 Å². The molecule has 4 aromatic rings. The molecular weight excluding hydrogens is 653 g/mol. The lowest BCUT2D eigenvalue weighted by Crippen LogP contribution is -2.56. The molecule has 5 heterocycles. The van der Waals surface area contributed by atoms with E-state index in [1.807, 2.05) is 17.0 Å². The highest BCUT2D eigenvalue weighted by atomic mass is 32.1. The average molecular weight is 689 g/mol. The number of anilines is 1. The lowest BCUT2D eigenvalue weighted by atomic mass is 9.95. The highest BCUT2D eigenvalue weighted by Gasteiger charge is 2.49. The summed E-state index contributed by atoms with van der Waals surface area (Å²) in [6.07, 6.45) is 4.16. The maximum atomic E-state index is 15.2. The molecule has 2 aromatic heterocycles. The number of fused-ring (bicyclic) bond motifs is 3. The van der Waals surface area contributed by atoms with Crippen molar-refractivity contribution in [1.29, 1.82) is 0 Å². The monoisotopic (exact) mass is 688 g/mol. The molecule has 9 nitrogen and oxygen atoms in total. The van der Waals surface area contributed by atoms with E-state index in [4.69, 9.17) is 26.0 Å². The second-order valence-electron chi connectivity index (χ2n) is 13.4. The molecule has 0 radical (unpaired) electrons. The topological polar surface area (TPSA) is 75.4 Å². The third-order valence-electron chi connectivity index (χ3n) is 10.3. The summed E-state index contributed by atoms with van der Waals surface area (Å²) in [4.78, 5) is 32.0. The van der Waals surface area contributed by atoms with E-state index in [1.54, 1.807) is 23.1 Å². The van der Waals surface area contributed by atoms with E-state index < -0.39 is 28.7 Å². The summed E-state index contributed by atoms with van der Waals surface area (Å²) in [5.74, 6) is -0.157. The maximum absolute atomic E-state index is 15.2. The molecule has 0 N–H and O–H groups in total. The van der Waals surface area contributed by atoms with E-state index in [9.17, 15) is 13.6 Å². The molecule has 254 valence electrons. The quantitative estimate of drug-likeness (QED) is 0.149. The van der Waals surface area contributed by atoms with Crippen molar-refractivity contribution < 1.29 is 27.4 Å². The minimum absolute atomic E-state index is 0.0576. The van der Waals surface area contributed by atoms with Crippen LogP contribution in [0.2, 0.25) is 0 Å². The fraction of sp³-hybridized carbons (Fsp3) is 0.444. The zero-order valence-electron chi connectivity index (χ0n) is 26.8. The van der Waals surface area contributed by atoms with Gasteiger partial charge >= 0.3 is 6.01 Å². The van der Waals surface area contributed by atoms with E-state index in [2.05, 4.69) is 16.3 Å². The van der Waals surface area contributed by atoms with E-state index in [0.717, 1.165) is 43.6 Å². The van der Waals surface area contributed by atoms with Gasteiger partial charge in [0.2, 0.25) is 17.6 Å². The van der Waals surface area contributed by atoms with Crippen LogP contribution in [0.25, 0.3) is 37.0 Å². The largest absolute Gasteiger partial charge is 0.487 e. The Morgan fingerprint density at radius 2 is 2.00 bits per heavy atom. The predicted molar refractivity (Wildman–Crippen MR) is 182 cm³/mol. The lowest BCUT2D eigenvalue weighted by Gasteiger charge is -2.39. The Balaban J connectivity index is 1.27. The van der Waals surface area contributed by atoms with Gasteiger partial charge < -0.3 is 24.1 Å². The first kappa shape index (κ1) is 31.8. The zero-order chi connectivity index (χ0) is 33.9. The fourth-order valence-corrected chi connectivity index (χ4v) is 8.63. The molecule has 49 heavy (non-hydrogen) atoms. The summed E-state index contributed by atoms with van der Waals surface area (Å²) in [6, 6.07) is 8.61. The smallest absolute Gasteiger partial charge is 0.319 e. The number of alkyl halides is 1. The first-order valence-corrected chi connectivity index (χ1v) is 17.5. The highest BCUT2D eigenvalue weighted by Crippen LogP contribution is 2.46. The van der Waals surface area contributed by atoms with Gasteiger partial charge in [0.1, 0.15) is 30.2 Å². The Kier molecular flexibility index (Phi) is 8.11. The van der Waals surface area contributed by atoms with Crippen LogP contribution in [0.3, 0.4) is 0 Å². The molecule has 1 aliphatic carbocycles. The van der Waals surface area contributed by atoms with Crippen molar-refractivity contribution >= 4 is 44.1 Å². The summed E-state index contributed by atoms with van der Waals surface area (Å²) in [7, 11) is 0. The molecule has 4 fully saturated rings. The molecule has 3 aliphatic heterocycles. The summed E-state index contributed by atoms with van der Waals surface area (Å²) >= 11 is 0.760. The number of aromatic nitrogens is 2. The first-order chi connectivity index (χ1) is 23.8. The van der Waals surface area contributed by atoms with Crippen LogP contribution in [-0.2, 0) is 4.79 Å². The summed E-state index contributed by atoms with van der Waals surface area (Å²) in [6.45, 7) is 13.8. The predicted octanol–water partition coefficient (Wildman–Crippen LogP) is 6.41. The van der Waals surface area contributed by atoms with Crippen molar-refractivity contribution in [2.24, 2.45) is 0 Å². The van der Waals surface area contributed by atoms with Crippen LogP contribution < -0.4 is 14.4 Å². The van der Waals surface area contributed by atoms with Gasteiger partial charge in [-0.3, -0.25) is 9.69 Å². The Hall–Kier alpha value is -4.41. The van der Waals surface area contributed by atoms with Crippen LogP contribution in [-0.4, -0.2) is 95.4 Å². The van der Waals surface area contributed by atoms with Gasteiger partial charge in [-0.25, -0.2) is 15.4 Å². The molecule has 8 rings (SSSR count). The van der Waals surface area contributed by atoms with Crippen molar-refractivity contribution in [3.63, 3.8) is 0 Å². The van der Waals surface area contributed by atoms with Gasteiger partial charge in [-0.1, -0.05) is 18.7 Å². The molecule has 2 aromatic carbocycles. The first-order valence-electron chi connectivity index (χ1n) is 16.7. The van der Waals surface area contributed by atoms with Gasteiger partial charge in [-0.05, 0) is 62.1 Å². The number of nitrogens with zero attached hydrogens (tertiary/aromatic N) is 6. The molecule has 1 amide bonds. The molecule has 3 saturated heterocycles. The second-order valence-corrected chi connectivity index (χ2v) is 14.4. The number of halogens is 3. The third-order valence-corrected chi connectivity index (χ3v) is 11.2. The van der Waals surface area contributed by atoms with Crippen LogP contribution in [0.4, 0.5) is 19.0 Å². The molecule has 0 spiro atoms. The molecule has 4 aliphatic rings. The number of ether oxygens (including phenoxy) is 2. The third kappa shape index (κ3) is 5.64. The summed E-state index contributed by atoms with van der Waals surface area (Å²) in [5.41, 5.74) is 1.09. The SMILES string of the molecule is [C-]#[N+]C[C@H]1CN(c2nc(OC[C@@]34CCCN3C[C@H](F)C4)nc3c(OC4CC4)c(-c4cccc5sc(F)c(F)c45)ccc23)CCN1C(=O)C=C. The van der Waals surface area contributed by atoms with Crippen molar-refractivity contribution in [3.05, 3.63) is 65.4 Å². The van der Waals surface area contributed by atoms with Gasteiger partial charge in [-0.2, -0.15) is 14.4 Å². The number of rotatable bonds is 9. The van der Waals surface area contributed by atoms with E-state index in [1.165, 1.54) is 6.08 Å². The summed E-state index contributed by atoms with van der Waals surface area (Å²) in [5, 5.41) is -0.0338. The van der Waals surface area contributed by atoms with Crippen molar-refractivity contribution in [2.45, 2.75) is 56.0 Å². The Labute approximate surface area is 285 Å². The number of hydrogen-bond acceptors (Lipinski definition) is 8. The fourth-order valence-electron chi connectivity index (χ4n) is 7.79. The van der Waals surface area contributed by atoms with E-state index in [-0.39, 0.29) is 36.6 Å². The maximum Gasteiger partial charge on any atom is 0.319 e. The number of carbonyl (C=O) groups is 1. The average Bonchev–Trinajstić information content (AvgIpc) is 3.66. The standard InChI is InChI=1S/C36H35F3N6O3S/c1-3-28(46)45-15-14-43(19-22(45)17-40-2)34-26-11-10-25(24-6-4-7-27-29(24)30(38)33(39)49-27)32(48-23-8-9-23)31(26)41-35(42-34)47-20-36-12-5-13-44(36)18-21(37)16-36/h3-4,6-7,10-11,21-23H,1,5,8-9,12-20H2/t21-,22+,36+/m1/s1. The van der Waals surface area contributed by atoms with Gasteiger partial charge in [0.25, 0.3) is 0 Å². The van der Waals surface area contributed by atoms with Crippen LogP contribution >= 0.6 is 11.3 Å². The number of amides is 1. The van der Waals surface area contributed by atoms with E-state index in [0.29, 0.717) is 70.9 Å². The molecule has 1 saturated carbocycles. The molecule has 0 bridgehead atoms. The molecule has 13 heteroatoms. The van der Waals surface area contributed by atoms with E-state index >= 15 is 4.39 Å². The highest BCUT2D eigenvalue weighted by molar-refractivity contribution is 7.17. The number of hydrogen-bond donors (Lipinski definition) is 0. The lowest BCUT2D eigenvalue weighted by molar-refractivity contribution is -0.128. The number of thiophene rings is 1. The zero-order valence-corrected chi connectivity index (χ0v) is 27.7. The Bertz CT molecular complexity index is 2010. The molecule has 0 unspecified atom stereocenters. The number of carbonyl (C=O) groups excluding carboxylic acids is 1. The Morgan fingerprint density at radius 1 is 1.14 bits per heavy atom. The van der Waals surface area contributed by atoms with Gasteiger partial charge in [0.15, 0.2) is 11.6 Å². The van der Waals surface area contributed by atoms with Crippen molar-refractivity contribution in [1.82, 2.24) is 19.8 Å². The van der Waals surface area contributed by atoms with Gasteiger partial charge in [0.05, 0.1) is 11.6 Å². The molecular formula is C36H35F3N6O3S. The minimum Gasteiger partial charge on any atom is -0.487 e. The summed E-state index contributed by atoms with van der Waals surface area (Å²) < 4.78 is 57.8. The van der Waals surface area contributed by atoms with Crippen molar-refractivity contribution in [3.8, 4) is 22.9 Å². The number of benzene rings is 2. The van der Waals surface area contributed by atoms with Crippen LogP contribution in [0.1, 0.15) is 32.1 Å². The van der Waals surface area contributed by atoms with Crippen LogP contribution in [0.5, 0.6) is 11.8 Å². The molecule has 3 atom stereocenters. The normalized spacial score (nSPS) is 24.0. The second kappa shape index (κ2) is 12.5. The number of piperazine rings is 1. The Morgan fingerprint density at radius 3 is 2.80 bits per heavy atom. The van der Waals surface area contributed by atoms with Crippen molar-refractivity contribution in [2.75, 3.05) is 50.8 Å². The van der Waals surface area contributed by atoms with Gasteiger partial charge in [0, 0.05) is 53.6 Å².